The lowest BCUT2D eigenvalue weighted by Gasteiger charge is -2.54. The number of amides is 1. The van der Waals surface area contributed by atoms with E-state index in [0.29, 0.717) is 45.9 Å². The predicted octanol–water partition coefficient (Wildman–Crippen LogP) is 4.08. The Labute approximate surface area is 212 Å². The van der Waals surface area contributed by atoms with Gasteiger partial charge in [0.15, 0.2) is 0 Å². The Morgan fingerprint density at radius 2 is 2.00 bits per heavy atom. The number of nitrogens with zero attached hydrogens (tertiary/aromatic N) is 2. The minimum atomic E-state index is -0.464. The van der Waals surface area contributed by atoms with Crippen LogP contribution in [0.3, 0.4) is 0 Å². The van der Waals surface area contributed by atoms with Crippen LogP contribution in [0.2, 0.25) is 0 Å². The number of benzene rings is 1. The van der Waals surface area contributed by atoms with Crippen molar-refractivity contribution in [3.05, 3.63) is 45.3 Å². The average Bonchev–Trinajstić information content (AvgIpc) is 2.89. The van der Waals surface area contributed by atoms with Crippen molar-refractivity contribution in [2.24, 2.45) is 11.8 Å². The second-order valence-corrected chi connectivity index (χ2v) is 11.0. The third-order valence-corrected chi connectivity index (χ3v) is 9.08. The zero-order valence-electron chi connectivity index (χ0n) is 21.5. The van der Waals surface area contributed by atoms with Crippen LogP contribution in [-0.4, -0.2) is 61.6 Å². The van der Waals surface area contributed by atoms with E-state index in [0.717, 1.165) is 31.5 Å². The van der Waals surface area contributed by atoms with Gasteiger partial charge in [-0.1, -0.05) is 18.1 Å². The summed E-state index contributed by atoms with van der Waals surface area (Å²) in [4.78, 5) is 31.6. The molecule has 3 saturated heterocycles. The van der Waals surface area contributed by atoms with Crippen molar-refractivity contribution < 1.29 is 18.7 Å². The van der Waals surface area contributed by atoms with E-state index in [9.17, 15) is 9.59 Å². The molecule has 1 aromatic carbocycles. The molecule has 4 heterocycles. The Balaban J connectivity index is 1.31. The van der Waals surface area contributed by atoms with Crippen LogP contribution in [0, 0.1) is 18.8 Å². The maximum absolute atomic E-state index is 13.8. The molecule has 4 atom stereocenters. The molecular weight excluding hydrogens is 456 g/mol. The Morgan fingerprint density at radius 3 is 2.81 bits per heavy atom. The lowest BCUT2D eigenvalue weighted by Crippen LogP contribution is -2.60. The molecule has 7 heteroatoms. The van der Waals surface area contributed by atoms with Crippen LogP contribution in [-0.2, 0) is 11.2 Å². The smallest absolute Gasteiger partial charge is 0.340 e. The summed E-state index contributed by atoms with van der Waals surface area (Å²) in [6, 6.07) is 4.32. The van der Waals surface area contributed by atoms with Crippen molar-refractivity contribution in [3.8, 4) is 11.5 Å². The lowest BCUT2D eigenvalue weighted by atomic mass is 9.68. The molecule has 1 aromatic heterocycles. The first-order valence-corrected chi connectivity index (χ1v) is 13.4. The Morgan fingerprint density at radius 1 is 1.14 bits per heavy atom. The van der Waals surface area contributed by atoms with Gasteiger partial charge in [0.2, 0.25) is 5.91 Å². The first-order valence-electron chi connectivity index (χ1n) is 13.4. The van der Waals surface area contributed by atoms with Crippen molar-refractivity contribution in [1.29, 1.82) is 0 Å². The van der Waals surface area contributed by atoms with Gasteiger partial charge in [0, 0.05) is 31.3 Å². The Bertz CT molecular complexity index is 1280. The van der Waals surface area contributed by atoms with Crippen LogP contribution >= 0.6 is 0 Å². The minimum absolute atomic E-state index is 0.0204. The fourth-order valence-corrected chi connectivity index (χ4v) is 7.47. The number of aryl methyl sites for hydroxylation is 1. The van der Waals surface area contributed by atoms with Gasteiger partial charge in [0.05, 0.1) is 37.6 Å². The average molecular weight is 493 g/mol. The van der Waals surface area contributed by atoms with Gasteiger partial charge < -0.3 is 18.8 Å². The van der Waals surface area contributed by atoms with Gasteiger partial charge >= 0.3 is 5.63 Å². The van der Waals surface area contributed by atoms with E-state index in [-0.39, 0.29) is 18.4 Å². The number of rotatable bonds is 4. The van der Waals surface area contributed by atoms with Gasteiger partial charge in [-0.05, 0) is 63.0 Å². The second-order valence-electron chi connectivity index (χ2n) is 11.0. The monoisotopic (exact) mass is 492 g/mol. The molecule has 0 N–H and O–H groups in total. The summed E-state index contributed by atoms with van der Waals surface area (Å²) < 4.78 is 16.6. The summed E-state index contributed by atoms with van der Waals surface area (Å²) in [6.45, 7) is 4.90. The van der Waals surface area contributed by atoms with Gasteiger partial charge in [0.1, 0.15) is 17.1 Å². The van der Waals surface area contributed by atoms with E-state index in [4.69, 9.17) is 13.9 Å². The Kier molecular flexibility index (Phi) is 6.06. The van der Waals surface area contributed by atoms with E-state index in [1.54, 1.807) is 26.4 Å². The fraction of sp³-hybridized carbons (Fsp3) is 0.586. The number of likely N-dealkylation sites (tertiary alicyclic amines) is 1. The van der Waals surface area contributed by atoms with Crippen LogP contribution in [0.5, 0.6) is 11.5 Å². The van der Waals surface area contributed by atoms with Crippen LogP contribution in [0.15, 0.2) is 33.0 Å². The molecular formula is C29H36N2O5. The molecule has 2 bridgehead atoms. The molecule has 4 aliphatic rings. The van der Waals surface area contributed by atoms with Crippen molar-refractivity contribution >= 4 is 16.9 Å². The summed E-state index contributed by atoms with van der Waals surface area (Å²) in [5.41, 5.74) is 2.55. The molecule has 0 unspecified atom stereocenters. The SMILES string of the molecule is COc1cc(OC)c2c(C)c(CC(=O)N3CCCC4=C[C@H]5C[C@@H](CN6CCCC[C@H]56)[C@@H]43)c(=O)oc2c1. The lowest BCUT2D eigenvalue weighted by molar-refractivity contribution is -0.135. The highest BCUT2D eigenvalue weighted by Crippen LogP contribution is 2.45. The van der Waals surface area contributed by atoms with E-state index in [1.165, 1.54) is 37.8 Å². The number of fused-ring (bicyclic) bond motifs is 7. The number of carbonyl (C=O) groups excluding carboxylic acids is 1. The summed E-state index contributed by atoms with van der Waals surface area (Å²) in [7, 11) is 3.14. The van der Waals surface area contributed by atoms with E-state index in [2.05, 4.69) is 15.9 Å². The molecule has 0 saturated carbocycles. The van der Waals surface area contributed by atoms with Gasteiger partial charge in [-0.15, -0.1) is 0 Å². The summed E-state index contributed by atoms with van der Waals surface area (Å²) in [5, 5.41) is 0.712. The van der Waals surface area contributed by atoms with Gasteiger partial charge in [-0.25, -0.2) is 4.79 Å². The minimum Gasteiger partial charge on any atom is -0.496 e. The normalized spacial score (nSPS) is 27.8. The van der Waals surface area contributed by atoms with Crippen LogP contribution < -0.4 is 15.1 Å². The molecule has 3 aliphatic heterocycles. The molecule has 36 heavy (non-hydrogen) atoms. The fourth-order valence-electron chi connectivity index (χ4n) is 7.47. The van der Waals surface area contributed by atoms with Crippen LogP contribution in [0.25, 0.3) is 11.0 Å². The van der Waals surface area contributed by atoms with Gasteiger partial charge in [-0.2, -0.15) is 0 Å². The maximum atomic E-state index is 13.8. The van der Waals surface area contributed by atoms with Gasteiger partial charge in [0.25, 0.3) is 0 Å². The molecule has 6 rings (SSSR count). The summed E-state index contributed by atoms with van der Waals surface area (Å²) in [6.07, 6.45) is 9.75. The summed E-state index contributed by atoms with van der Waals surface area (Å²) >= 11 is 0. The predicted molar refractivity (Wildman–Crippen MR) is 138 cm³/mol. The molecule has 7 nitrogen and oxygen atoms in total. The topological polar surface area (TPSA) is 72.2 Å². The molecule has 2 aromatic rings. The van der Waals surface area contributed by atoms with Crippen molar-refractivity contribution in [2.75, 3.05) is 33.9 Å². The summed E-state index contributed by atoms with van der Waals surface area (Å²) in [5.74, 6) is 2.25. The second kappa shape index (κ2) is 9.25. The number of hydrogen-bond donors (Lipinski definition) is 0. The van der Waals surface area contributed by atoms with Gasteiger partial charge in [-0.3, -0.25) is 9.69 Å². The number of ether oxygens (including phenoxy) is 2. The largest absolute Gasteiger partial charge is 0.496 e. The van der Waals surface area contributed by atoms with E-state index < -0.39 is 5.63 Å². The quantitative estimate of drug-likeness (QED) is 0.473. The first-order chi connectivity index (χ1) is 17.5. The zero-order valence-corrected chi connectivity index (χ0v) is 21.5. The highest BCUT2D eigenvalue weighted by molar-refractivity contribution is 5.90. The number of methoxy groups -OCH3 is 2. The standard InChI is InChI=1S/C29H36N2O5/c1-17-22(29(33)36-25-14-21(34-2)13-24(35-3)27(17)25)15-26(32)31-10-6-7-18-11-19-12-20(28(18)31)16-30-9-5-4-8-23(19)30/h11,13-14,19-20,23,28H,4-10,12,15-16H2,1-3H3/t19-,20-,23+,28+/m0/s1. The third-order valence-electron chi connectivity index (χ3n) is 9.08. The molecule has 1 amide bonds. The Hall–Kier alpha value is -2.80. The molecule has 0 radical (unpaired) electrons. The molecule has 0 spiro atoms. The van der Waals surface area contributed by atoms with Crippen LogP contribution in [0.1, 0.15) is 49.7 Å². The highest BCUT2D eigenvalue weighted by Gasteiger charge is 2.46. The first kappa shape index (κ1) is 23.6. The van der Waals surface area contributed by atoms with Crippen LogP contribution in [0.4, 0.5) is 0 Å². The van der Waals surface area contributed by atoms with E-state index >= 15 is 0 Å². The number of hydrogen-bond acceptors (Lipinski definition) is 6. The molecule has 3 fully saturated rings. The van der Waals surface area contributed by atoms with Crippen molar-refractivity contribution in [2.45, 2.75) is 64.0 Å². The van der Waals surface area contributed by atoms with E-state index in [1.807, 2.05) is 6.92 Å². The third kappa shape index (κ3) is 3.83. The maximum Gasteiger partial charge on any atom is 0.340 e. The molecule has 192 valence electrons. The number of piperidine rings is 3. The van der Waals surface area contributed by atoms with Crippen molar-refractivity contribution in [1.82, 2.24) is 9.80 Å². The highest BCUT2D eigenvalue weighted by atomic mass is 16.5. The molecule has 1 aliphatic carbocycles. The number of carbonyl (C=O) groups is 1. The van der Waals surface area contributed by atoms with Crippen molar-refractivity contribution in [3.63, 3.8) is 0 Å². The zero-order chi connectivity index (χ0) is 25.0.